The second kappa shape index (κ2) is 8.61. The van der Waals surface area contributed by atoms with Gasteiger partial charge in [-0.2, -0.15) is 0 Å². The molecular weight excluding hydrogens is 321 g/mol. The number of benzene rings is 1. The molecule has 1 rings (SSSR count). The Kier molecular flexibility index (Phi) is 6.84. The first kappa shape index (κ1) is 19.1. The number of halogens is 1. The normalized spacial score (nSPS) is 12.8. The number of carboxylic acids is 1. The van der Waals surface area contributed by atoms with Crippen molar-refractivity contribution in [3.8, 4) is 0 Å². The highest BCUT2D eigenvalue weighted by Gasteiger charge is 2.26. The molecule has 3 amide bonds. The first-order chi connectivity index (χ1) is 11.2. The Bertz CT molecular complexity index is 650. The van der Waals surface area contributed by atoms with Crippen molar-refractivity contribution >= 4 is 23.7 Å². The molecule has 130 valence electrons. The number of nitrogens with two attached hydrogens (primary N) is 1. The van der Waals surface area contributed by atoms with Crippen LogP contribution in [0.5, 0.6) is 0 Å². The zero-order valence-electron chi connectivity index (χ0n) is 12.9. The summed E-state index contributed by atoms with van der Waals surface area (Å²) < 4.78 is 13.2. The molecule has 0 bridgehead atoms. The number of carbonyl (C=O) groups excluding carboxylic acids is 3. The molecule has 2 atom stereocenters. The van der Waals surface area contributed by atoms with Crippen LogP contribution in [0, 0.1) is 5.82 Å². The molecule has 0 saturated heterocycles. The Labute approximate surface area is 137 Å². The second-order valence-corrected chi connectivity index (χ2v) is 5.15. The standard InChI is InChI=1S/C15H18FN3O5/c1-8(20)18-12(6-9-3-2-4-10(16)5-9)15(24)19-11(14(17)23)7-13(21)22/h2-5,11-12H,6-7H2,1H3,(H2,17,23)(H,18,20)(H,19,24)(H,21,22)/t11-,12+/m0/s1. The summed E-state index contributed by atoms with van der Waals surface area (Å²) in [6.45, 7) is 1.19. The highest BCUT2D eigenvalue weighted by Crippen LogP contribution is 2.07. The zero-order chi connectivity index (χ0) is 18.3. The van der Waals surface area contributed by atoms with E-state index < -0.39 is 48.0 Å². The highest BCUT2D eigenvalue weighted by atomic mass is 19.1. The Hall–Kier alpha value is -2.97. The zero-order valence-corrected chi connectivity index (χ0v) is 12.9. The van der Waals surface area contributed by atoms with Crippen molar-refractivity contribution in [1.82, 2.24) is 10.6 Å². The van der Waals surface area contributed by atoms with E-state index in [1.165, 1.54) is 25.1 Å². The molecule has 0 aliphatic heterocycles. The average molecular weight is 339 g/mol. The Morgan fingerprint density at radius 3 is 2.38 bits per heavy atom. The SMILES string of the molecule is CC(=O)N[C@H](Cc1cccc(F)c1)C(=O)N[C@@H](CC(=O)O)C(N)=O. The summed E-state index contributed by atoms with van der Waals surface area (Å²) in [7, 11) is 0. The predicted octanol–water partition coefficient (Wildman–Crippen LogP) is -0.682. The van der Waals surface area contributed by atoms with Gasteiger partial charge in [-0.05, 0) is 17.7 Å². The molecule has 0 unspecified atom stereocenters. The molecule has 1 aromatic carbocycles. The Morgan fingerprint density at radius 1 is 1.21 bits per heavy atom. The van der Waals surface area contributed by atoms with E-state index in [4.69, 9.17) is 10.8 Å². The van der Waals surface area contributed by atoms with Gasteiger partial charge in [0.25, 0.3) is 0 Å². The molecule has 0 heterocycles. The van der Waals surface area contributed by atoms with Crippen LogP contribution in [0.25, 0.3) is 0 Å². The van der Waals surface area contributed by atoms with Crippen molar-refractivity contribution in [2.45, 2.75) is 31.8 Å². The fourth-order valence-corrected chi connectivity index (χ4v) is 2.02. The van der Waals surface area contributed by atoms with Gasteiger partial charge < -0.3 is 21.5 Å². The van der Waals surface area contributed by atoms with Gasteiger partial charge in [-0.3, -0.25) is 19.2 Å². The highest BCUT2D eigenvalue weighted by molar-refractivity contribution is 5.93. The van der Waals surface area contributed by atoms with Crippen LogP contribution in [0.1, 0.15) is 18.9 Å². The number of hydrogen-bond acceptors (Lipinski definition) is 4. The van der Waals surface area contributed by atoms with Gasteiger partial charge in [-0.15, -0.1) is 0 Å². The maximum absolute atomic E-state index is 13.2. The number of carboxylic acid groups (broad SMARTS) is 1. The van der Waals surface area contributed by atoms with Gasteiger partial charge in [0.15, 0.2) is 0 Å². The van der Waals surface area contributed by atoms with Gasteiger partial charge >= 0.3 is 5.97 Å². The van der Waals surface area contributed by atoms with E-state index in [-0.39, 0.29) is 6.42 Å². The van der Waals surface area contributed by atoms with Gasteiger partial charge in [-0.25, -0.2) is 4.39 Å². The van der Waals surface area contributed by atoms with Crippen LogP contribution in [-0.4, -0.2) is 40.9 Å². The molecule has 0 spiro atoms. The lowest BCUT2D eigenvalue weighted by Gasteiger charge is -2.21. The lowest BCUT2D eigenvalue weighted by atomic mass is 10.0. The van der Waals surface area contributed by atoms with Gasteiger partial charge in [0, 0.05) is 13.3 Å². The number of carbonyl (C=O) groups is 4. The Balaban J connectivity index is 2.89. The van der Waals surface area contributed by atoms with Crippen LogP contribution < -0.4 is 16.4 Å². The van der Waals surface area contributed by atoms with Gasteiger partial charge in [0.05, 0.1) is 6.42 Å². The number of amides is 3. The van der Waals surface area contributed by atoms with Gasteiger partial charge in [0.1, 0.15) is 17.9 Å². The third-order valence-corrected chi connectivity index (χ3v) is 3.06. The van der Waals surface area contributed by atoms with Crippen LogP contribution >= 0.6 is 0 Å². The summed E-state index contributed by atoms with van der Waals surface area (Å²) >= 11 is 0. The molecule has 0 aromatic heterocycles. The summed E-state index contributed by atoms with van der Waals surface area (Å²) in [4.78, 5) is 45.4. The predicted molar refractivity (Wildman–Crippen MR) is 81.1 cm³/mol. The number of primary amides is 1. The molecule has 5 N–H and O–H groups in total. The fraction of sp³-hybridized carbons (Fsp3) is 0.333. The van der Waals surface area contributed by atoms with E-state index in [9.17, 15) is 23.6 Å². The molecule has 0 aliphatic rings. The molecule has 0 fully saturated rings. The number of nitrogens with one attached hydrogen (secondary N) is 2. The molecular formula is C15H18FN3O5. The number of hydrogen-bond donors (Lipinski definition) is 4. The van der Waals surface area contributed by atoms with Crippen LogP contribution in [0.15, 0.2) is 24.3 Å². The van der Waals surface area contributed by atoms with E-state index in [0.717, 1.165) is 0 Å². The van der Waals surface area contributed by atoms with E-state index in [2.05, 4.69) is 10.6 Å². The molecule has 0 aliphatic carbocycles. The van der Waals surface area contributed by atoms with E-state index >= 15 is 0 Å². The van der Waals surface area contributed by atoms with Crippen molar-refractivity contribution in [2.24, 2.45) is 5.73 Å². The van der Waals surface area contributed by atoms with Crippen molar-refractivity contribution in [3.05, 3.63) is 35.6 Å². The lowest BCUT2D eigenvalue weighted by Crippen LogP contribution is -2.53. The van der Waals surface area contributed by atoms with Crippen LogP contribution in [0.4, 0.5) is 4.39 Å². The first-order valence-corrected chi connectivity index (χ1v) is 7.02. The monoisotopic (exact) mass is 339 g/mol. The minimum atomic E-state index is -1.42. The van der Waals surface area contributed by atoms with E-state index in [1.54, 1.807) is 6.07 Å². The van der Waals surface area contributed by atoms with Gasteiger partial charge in [-0.1, -0.05) is 12.1 Å². The summed E-state index contributed by atoms with van der Waals surface area (Å²) in [5, 5.41) is 13.3. The summed E-state index contributed by atoms with van der Waals surface area (Å²) in [6, 6.07) is 2.91. The van der Waals surface area contributed by atoms with E-state index in [1.807, 2.05) is 0 Å². The van der Waals surface area contributed by atoms with Crippen LogP contribution in [-0.2, 0) is 25.6 Å². The number of rotatable bonds is 8. The summed E-state index contributed by atoms with van der Waals surface area (Å²) in [6.07, 6.45) is -0.727. The van der Waals surface area contributed by atoms with Crippen molar-refractivity contribution in [2.75, 3.05) is 0 Å². The smallest absolute Gasteiger partial charge is 0.305 e. The molecule has 8 nitrogen and oxygen atoms in total. The maximum Gasteiger partial charge on any atom is 0.305 e. The summed E-state index contributed by atoms with van der Waals surface area (Å²) in [5.41, 5.74) is 5.50. The molecule has 0 radical (unpaired) electrons. The first-order valence-electron chi connectivity index (χ1n) is 7.02. The second-order valence-electron chi connectivity index (χ2n) is 5.15. The van der Waals surface area contributed by atoms with Crippen molar-refractivity contribution in [3.63, 3.8) is 0 Å². The van der Waals surface area contributed by atoms with Crippen LogP contribution in [0.3, 0.4) is 0 Å². The third-order valence-electron chi connectivity index (χ3n) is 3.06. The maximum atomic E-state index is 13.2. The van der Waals surface area contributed by atoms with Crippen molar-refractivity contribution in [1.29, 1.82) is 0 Å². The van der Waals surface area contributed by atoms with E-state index in [0.29, 0.717) is 5.56 Å². The average Bonchev–Trinajstić information content (AvgIpc) is 2.44. The quantitative estimate of drug-likeness (QED) is 0.497. The van der Waals surface area contributed by atoms with Crippen molar-refractivity contribution < 1.29 is 28.7 Å². The molecule has 0 saturated carbocycles. The topological polar surface area (TPSA) is 139 Å². The number of aliphatic carboxylic acids is 1. The molecule has 9 heteroatoms. The molecule has 24 heavy (non-hydrogen) atoms. The third kappa shape index (κ3) is 6.42. The fourth-order valence-electron chi connectivity index (χ4n) is 2.02. The summed E-state index contributed by atoms with van der Waals surface area (Å²) in [5.74, 6) is -4.14. The lowest BCUT2D eigenvalue weighted by molar-refractivity contribution is -0.140. The van der Waals surface area contributed by atoms with Gasteiger partial charge in [0.2, 0.25) is 17.7 Å². The molecule has 1 aromatic rings. The Morgan fingerprint density at radius 2 is 1.88 bits per heavy atom. The minimum absolute atomic E-state index is 0.0400. The largest absolute Gasteiger partial charge is 0.481 e. The van der Waals surface area contributed by atoms with Crippen LogP contribution in [0.2, 0.25) is 0 Å². The minimum Gasteiger partial charge on any atom is -0.481 e.